The van der Waals surface area contributed by atoms with E-state index in [1.165, 1.54) is 0 Å². The van der Waals surface area contributed by atoms with Gasteiger partial charge in [-0.05, 0) is 46.5 Å². The Balaban J connectivity index is 1.63. The molecule has 0 spiro atoms. The maximum atomic E-state index is 12.0. The number of aromatic nitrogens is 1. The average Bonchev–Trinajstić information content (AvgIpc) is 3.05. The van der Waals surface area contributed by atoms with Crippen LogP contribution in [0.25, 0.3) is 22.2 Å². The fourth-order valence-electron chi connectivity index (χ4n) is 4.78. The Kier molecular flexibility index (Phi) is 5.94. The van der Waals surface area contributed by atoms with Crippen molar-refractivity contribution in [2.45, 2.75) is 18.9 Å². The third-order valence-corrected chi connectivity index (χ3v) is 8.96. The van der Waals surface area contributed by atoms with E-state index in [1.807, 2.05) is 6.07 Å². The number of nitrogens with zero attached hydrogens (tertiary/aromatic N) is 2. The summed E-state index contributed by atoms with van der Waals surface area (Å²) in [5.41, 5.74) is 5.58. The van der Waals surface area contributed by atoms with Crippen LogP contribution in [0.4, 0.5) is 11.4 Å². The van der Waals surface area contributed by atoms with Crippen LogP contribution in [0.15, 0.2) is 46.9 Å². The van der Waals surface area contributed by atoms with Gasteiger partial charge in [0, 0.05) is 50.5 Å². The van der Waals surface area contributed by atoms with Crippen molar-refractivity contribution in [3.05, 3.63) is 46.9 Å². The minimum atomic E-state index is -2.93. The summed E-state index contributed by atoms with van der Waals surface area (Å²) in [5, 5.41) is 4.92. The molecular formula is C24H28BrN3O3S. The Morgan fingerprint density at radius 2 is 1.75 bits per heavy atom. The maximum Gasteiger partial charge on any atom is 0.153 e. The Bertz CT molecular complexity index is 1220. The van der Waals surface area contributed by atoms with E-state index in [9.17, 15) is 8.42 Å². The van der Waals surface area contributed by atoms with Gasteiger partial charge in [0.15, 0.2) is 9.84 Å². The molecule has 170 valence electrons. The van der Waals surface area contributed by atoms with Crippen molar-refractivity contribution in [3.8, 4) is 11.3 Å². The van der Waals surface area contributed by atoms with Gasteiger partial charge in [0.2, 0.25) is 0 Å². The van der Waals surface area contributed by atoms with Crippen LogP contribution in [-0.2, 0) is 21.6 Å². The highest BCUT2D eigenvalue weighted by molar-refractivity contribution is 9.10. The molecule has 6 nitrogen and oxygen atoms in total. The van der Waals surface area contributed by atoms with Crippen LogP contribution in [0.3, 0.4) is 0 Å². The van der Waals surface area contributed by atoms with Gasteiger partial charge in [-0.25, -0.2) is 8.42 Å². The molecule has 2 aromatic carbocycles. The van der Waals surface area contributed by atoms with Crippen LogP contribution in [0, 0.1) is 0 Å². The molecule has 0 radical (unpaired) electrons. The monoisotopic (exact) mass is 517 g/mol. The van der Waals surface area contributed by atoms with E-state index in [4.69, 9.17) is 4.74 Å². The number of aryl methyl sites for hydroxylation is 1. The molecule has 1 aromatic heterocycles. The Morgan fingerprint density at radius 3 is 2.44 bits per heavy atom. The fourth-order valence-corrected chi connectivity index (χ4v) is 6.77. The number of hydrogen-bond acceptors (Lipinski definition) is 5. The summed E-state index contributed by atoms with van der Waals surface area (Å²) in [4.78, 5) is 2.19. The number of fused-ring (bicyclic) bond motifs is 1. The van der Waals surface area contributed by atoms with Crippen molar-refractivity contribution in [2.24, 2.45) is 7.05 Å². The molecule has 2 aliphatic rings. The third kappa shape index (κ3) is 4.16. The molecule has 8 heteroatoms. The zero-order valence-corrected chi connectivity index (χ0v) is 20.6. The second-order valence-corrected chi connectivity index (χ2v) is 11.7. The van der Waals surface area contributed by atoms with Gasteiger partial charge < -0.3 is 19.5 Å². The number of rotatable bonds is 4. The minimum absolute atomic E-state index is 0.207. The van der Waals surface area contributed by atoms with Crippen molar-refractivity contribution in [1.82, 2.24) is 4.57 Å². The second kappa shape index (κ2) is 8.72. The van der Waals surface area contributed by atoms with Crippen LogP contribution in [0.5, 0.6) is 0 Å². The van der Waals surface area contributed by atoms with E-state index < -0.39 is 9.84 Å². The molecule has 1 N–H and O–H groups in total. The highest BCUT2D eigenvalue weighted by Gasteiger charge is 2.25. The third-order valence-electron chi connectivity index (χ3n) is 6.55. The van der Waals surface area contributed by atoms with Gasteiger partial charge in [0.25, 0.3) is 0 Å². The van der Waals surface area contributed by atoms with Gasteiger partial charge in [-0.15, -0.1) is 0 Å². The number of ether oxygens (including phenoxy) is 1. The van der Waals surface area contributed by atoms with E-state index >= 15 is 0 Å². The molecule has 32 heavy (non-hydrogen) atoms. The molecule has 2 aliphatic heterocycles. The highest BCUT2D eigenvalue weighted by atomic mass is 79.9. The maximum absolute atomic E-state index is 12.0. The first-order valence-electron chi connectivity index (χ1n) is 11.1. The summed E-state index contributed by atoms with van der Waals surface area (Å²) in [6.07, 6.45) is 1.95. The fraction of sp³-hybridized carbons (Fsp3) is 0.417. The van der Waals surface area contributed by atoms with Gasteiger partial charge in [-0.2, -0.15) is 0 Å². The first-order valence-corrected chi connectivity index (χ1v) is 13.7. The first-order chi connectivity index (χ1) is 15.4. The van der Waals surface area contributed by atoms with Gasteiger partial charge in [0.05, 0.1) is 32.9 Å². The lowest BCUT2D eigenvalue weighted by Gasteiger charge is -2.30. The van der Waals surface area contributed by atoms with Crippen molar-refractivity contribution in [3.63, 3.8) is 0 Å². The van der Waals surface area contributed by atoms with Crippen LogP contribution in [-0.4, -0.2) is 56.8 Å². The summed E-state index contributed by atoms with van der Waals surface area (Å²) in [7, 11) is -0.821. The normalized spacial score (nSPS) is 19.4. The predicted molar refractivity (Wildman–Crippen MR) is 134 cm³/mol. The number of anilines is 2. The van der Waals surface area contributed by atoms with Crippen LogP contribution < -0.4 is 10.2 Å². The summed E-state index contributed by atoms with van der Waals surface area (Å²) in [6.45, 7) is 2.61. The molecule has 2 fully saturated rings. The largest absolute Gasteiger partial charge is 0.381 e. The van der Waals surface area contributed by atoms with Gasteiger partial charge in [0.1, 0.15) is 0 Å². The molecular weight excluding hydrogens is 490 g/mol. The summed E-state index contributed by atoms with van der Waals surface area (Å²) in [5.74, 6) is 0.415. The Labute approximate surface area is 197 Å². The molecule has 0 amide bonds. The second-order valence-electron chi connectivity index (χ2n) is 8.65. The van der Waals surface area contributed by atoms with Crippen molar-refractivity contribution >= 4 is 48.0 Å². The number of benzene rings is 2. The lowest BCUT2D eigenvalue weighted by atomic mass is 10.1. The Hall–Kier alpha value is -2.03. The van der Waals surface area contributed by atoms with E-state index in [2.05, 4.69) is 74.2 Å². The van der Waals surface area contributed by atoms with Crippen molar-refractivity contribution < 1.29 is 13.2 Å². The molecule has 3 aromatic rings. The van der Waals surface area contributed by atoms with E-state index in [-0.39, 0.29) is 11.5 Å². The number of sulfone groups is 1. The number of halogens is 1. The van der Waals surface area contributed by atoms with Gasteiger partial charge in [-0.1, -0.05) is 30.3 Å². The zero-order valence-electron chi connectivity index (χ0n) is 18.2. The Morgan fingerprint density at radius 1 is 1.06 bits per heavy atom. The van der Waals surface area contributed by atoms with Crippen LogP contribution in [0.2, 0.25) is 0 Å². The van der Waals surface area contributed by atoms with Crippen LogP contribution >= 0.6 is 15.9 Å². The summed E-state index contributed by atoms with van der Waals surface area (Å²) >= 11 is 3.89. The van der Waals surface area contributed by atoms with Gasteiger partial charge in [-0.3, -0.25) is 0 Å². The standard InChI is InChI=1S/C24H28BrN3O3S/c1-27-23(17-5-3-2-4-6-17)22(25)20-15-19(28-9-13-32(29,30)14-10-28)16-21(24(20)27)26-18-7-11-31-12-8-18/h2-6,15-16,18,26H,7-14H2,1H3. The lowest BCUT2D eigenvalue weighted by molar-refractivity contribution is 0.0905. The van der Waals surface area contributed by atoms with E-state index in [1.54, 1.807) is 0 Å². The average molecular weight is 518 g/mol. The van der Waals surface area contributed by atoms with E-state index in [0.29, 0.717) is 19.1 Å². The molecule has 0 atom stereocenters. The first kappa shape index (κ1) is 21.8. The molecule has 0 bridgehead atoms. The highest BCUT2D eigenvalue weighted by Crippen LogP contribution is 2.42. The zero-order chi connectivity index (χ0) is 22.3. The molecule has 0 saturated carbocycles. The predicted octanol–water partition coefficient (Wildman–Crippen LogP) is 4.43. The van der Waals surface area contributed by atoms with E-state index in [0.717, 1.165) is 64.1 Å². The van der Waals surface area contributed by atoms with Crippen molar-refractivity contribution in [2.75, 3.05) is 48.0 Å². The molecule has 0 unspecified atom stereocenters. The summed E-state index contributed by atoms with van der Waals surface area (Å²) < 4.78 is 32.8. The number of nitrogens with one attached hydrogen (secondary N) is 1. The topological polar surface area (TPSA) is 63.6 Å². The number of hydrogen-bond donors (Lipinski definition) is 1. The molecule has 2 saturated heterocycles. The van der Waals surface area contributed by atoms with Gasteiger partial charge >= 0.3 is 0 Å². The van der Waals surface area contributed by atoms with Crippen LogP contribution in [0.1, 0.15) is 12.8 Å². The molecule has 0 aliphatic carbocycles. The van der Waals surface area contributed by atoms with Crippen molar-refractivity contribution in [1.29, 1.82) is 0 Å². The SMILES string of the molecule is Cn1c(-c2ccccc2)c(Br)c2cc(N3CCS(=O)(=O)CC3)cc(NC3CCOCC3)c21. The minimum Gasteiger partial charge on any atom is -0.381 e. The quantitative estimate of drug-likeness (QED) is 0.554. The smallest absolute Gasteiger partial charge is 0.153 e. The molecule has 5 rings (SSSR count). The lowest BCUT2D eigenvalue weighted by Crippen LogP contribution is -2.40. The molecule has 3 heterocycles. The summed E-state index contributed by atoms with van der Waals surface area (Å²) in [6, 6.07) is 15.1.